The molecule has 56 valence electrons. The molecule has 0 amide bonds. The van der Waals surface area contributed by atoms with Gasteiger partial charge in [0, 0.05) is 12.6 Å². The van der Waals surface area contributed by atoms with E-state index in [0.29, 0.717) is 0 Å². The minimum Gasteiger partial charge on any atom is -0.324 e. The molecule has 0 aromatic heterocycles. The van der Waals surface area contributed by atoms with Gasteiger partial charge >= 0.3 is 0 Å². The molecular formula is C8H14N2. The molecule has 2 heteroatoms. The van der Waals surface area contributed by atoms with Crippen LogP contribution < -0.4 is 11.1 Å². The fraction of sp³-hybridized carbons (Fsp3) is 0.500. The van der Waals surface area contributed by atoms with Crippen LogP contribution in [0.1, 0.15) is 6.42 Å². The second-order valence-electron chi connectivity index (χ2n) is 2.57. The molecule has 0 aromatic carbocycles. The first-order chi connectivity index (χ1) is 4.83. The number of likely N-dealkylation sites (N-methyl/N-ethyl adjacent to an activating group) is 1. The first-order valence-corrected chi connectivity index (χ1v) is 3.60. The van der Waals surface area contributed by atoms with Gasteiger partial charge in [-0.25, -0.2) is 0 Å². The third-order valence-electron chi connectivity index (χ3n) is 1.59. The molecule has 1 aliphatic carbocycles. The first-order valence-electron chi connectivity index (χ1n) is 3.60. The molecule has 0 fully saturated rings. The standard InChI is InChI=1S/C8H14N2/c1-10-6-7-2-4-8(9)5-3-7/h2-4,8,10H,5-6,9H2,1H3. The number of hydrogen-bond donors (Lipinski definition) is 2. The van der Waals surface area contributed by atoms with Gasteiger partial charge in [-0.2, -0.15) is 0 Å². The van der Waals surface area contributed by atoms with Gasteiger partial charge in [0.25, 0.3) is 0 Å². The van der Waals surface area contributed by atoms with Gasteiger partial charge in [-0.05, 0) is 19.0 Å². The SMILES string of the molecule is CNCC1=CCC(N)C=C1. The molecule has 0 spiro atoms. The Bertz CT molecular complexity index is 159. The van der Waals surface area contributed by atoms with Crippen LogP contribution in [-0.4, -0.2) is 19.6 Å². The molecule has 3 N–H and O–H groups in total. The molecule has 10 heavy (non-hydrogen) atoms. The van der Waals surface area contributed by atoms with E-state index in [9.17, 15) is 0 Å². The van der Waals surface area contributed by atoms with Gasteiger partial charge in [-0.1, -0.05) is 18.2 Å². The van der Waals surface area contributed by atoms with E-state index < -0.39 is 0 Å². The van der Waals surface area contributed by atoms with Crippen molar-refractivity contribution in [1.29, 1.82) is 0 Å². The Morgan fingerprint density at radius 2 is 2.60 bits per heavy atom. The summed E-state index contributed by atoms with van der Waals surface area (Å²) in [7, 11) is 1.95. The van der Waals surface area contributed by atoms with Crippen molar-refractivity contribution in [2.24, 2.45) is 5.73 Å². The predicted molar refractivity (Wildman–Crippen MR) is 43.7 cm³/mol. The van der Waals surface area contributed by atoms with E-state index >= 15 is 0 Å². The molecule has 0 aromatic rings. The van der Waals surface area contributed by atoms with E-state index in [-0.39, 0.29) is 6.04 Å². The predicted octanol–water partition coefficient (Wildman–Crippen LogP) is 0.419. The van der Waals surface area contributed by atoms with Gasteiger partial charge in [0.2, 0.25) is 0 Å². The lowest BCUT2D eigenvalue weighted by molar-refractivity contribution is 0.799. The highest BCUT2D eigenvalue weighted by atomic mass is 14.8. The first kappa shape index (κ1) is 7.51. The quantitative estimate of drug-likeness (QED) is 0.580. The Kier molecular flexibility index (Phi) is 2.66. The zero-order valence-electron chi connectivity index (χ0n) is 6.30. The van der Waals surface area contributed by atoms with Gasteiger partial charge in [-0.15, -0.1) is 0 Å². The van der Waals surface area contributed by atoms with Gasteiger partial charge < -0.3 is 11.1 Å². The van der Waals surface area contributed by atoms with E-state index in [1.165, 1.54) is 5.57 Å². The van der Waals surface area contributed by atoms with Gasteiger partial charge in [-0.3, -0.25) is 0 Å². The Labute approximate surface area is 61.8 Å². The molecule has 0 aliphatic heterocycles. The molecule has 1 rings (SSSR count). The maximum atomic E-state index is 5.64. The Morgan fingerprint density at radius 1 is 1.80 bits per heavy atom. The summed E-state index contributed by atoms with van der Waals surface area (Å²) < 4.78 is 0. The van der Waals surface area contributed by atoms with Crippen LogP contribution in [0.5, 0.6) is 0 Å². The lowest BCUT2D eigenvalue weighted by Crippen LogP contribution is -2.19. The zero-order chi connectivity index (χ0) is 7.40. The van der Waals surface area contributed by atoms with Crippen molar-refractivity contribution in [3.05, 3.63) is 23.8 Å². The summed E-state index contributed by atoms with van der Waals surface area (Å²) in [6.45, 7) is 0.948. The largest absolute Gasteiger partial charge is 0.324 e. The summed E-state index contributed by atoms with van der Waals surface area (Å²) in [5.74, 6) is 0. The minimum absolute atomic E-state index is 0.237. The molecule has 0 radical (unpaired) electrons. The average Bonchev–Trinajstić information content (AvgIpc) is 1.95. The highest BCUT2D eigenvalue weighted by Crippen LogP contribution is 2.07. The van der Waals surface area contributed by atoms with Crippen molar-refractivity contribution in [3.63, 3.8) is 0 Å². The van der Waals surface area contributed by atoms with Crippen molar-refractivity contribution in [2.45, 2.75) is 12.5 Å². The van der Waals surface area contributed by atoms with E-state index in [2.05, 4.69) is 17.5 Å². The molecule has 0 saturated carbocycles. The molecule has 0 heterocycles. The highest BCUT2D eigenvalue weighted by molar-refractivity contribution is 5.25. The van der Waals surface area contributed by atoms with Crippen LogP contribution in [0.3, 0.4) is 0 Å². The maximum absolute atomic E-state index is 5.64. The van der Waals surface area contributed by atoms with Gasteiger partial charge in [0.05, 0.1) is 0 Å². The van der Waals surface area contributed by atoms with Gasteiger partial charge in [0.1, 0.15) is 0 Å². The third kappa shape index (κ3) is 1.97. The molecule has 0 bridgehead atoms. The van der Waals surface area contributed by atoms with Crippen molar-refractivity contribution in [1.82, 2.24) is 5.32 Å². The van der Waals surface area contributed by atoms with Gasteiger partial charge in [0.15, 0.2) is 0 Å². The molecule has 0 saturated heterocycles. The second-order valence-corrected chi connectivity index (χ2v) is 2.57. The number of nitrogens with one attached hydrogen (secondary N) is 1. The monoisotopic (exact) mass is 138 g/mol. The molecule has 1 atom stereocenters. The zero-order valence-corrected chi connectivity index (χ0v) is 6.30. The smallest absolute Gasteiger partial charge is 0.0262 e. The number of rotatable bonds is 2. The second kappa shape index (κ2) is 3.54. The summed E-state index contributed by atoms with van der Waals surface area (Å²) in [5, 5.41) is 3.09. The molecular weight excluding hydrogens is 124 g/mol. The topological polar surface area (TPSA) is 38.0 Å². The Balaban J connectivity index is 2.42. The lowest BCUT2D eigenvalue weighted by Gasteiger charge is -2.10. The summed E-state index contributed by atoms with van der Waals surface area (Å²) in [4.78, 5) is 0. The van der Waals surface area contributed by atoms with Crippen LogP contribution >= 0.6 is 0 Å². The van der Waals surface area contributed by atoms with Crippen LogP contribution in [0.25, 0.3) is 0 Å². The van der Waals surface area contributed by atoms with E-state index in [1.54, 1.807) is 0 Å². The van der Waals surface area contributed by atoms with Crippen LogP contribution in [0.15, 0.2) is 23.8 Å². The Morgan fingerprint density at radius 3 is 3.10 bits per heavy atom. The number of hydrogen-bond acceptors (Lipinski definition) is 2. The van der Waals surface area contributed by atoms with Crippen molar-refractivity contribution in [2.75, 3.05) is 13.6 Å². The molecule has 1 unspecified atom stereocenters. The Hall–Kier alpha value is -0.600. The van der Waals surface area contributed by atoms with Crippen LogP contribution in [0.2, 0.25) is 0 Å². The van der Waals surface area contributed by atoms with Crippen LogP contribution in [-0.2, 0) is 0 Å². The average molecular weight is 138 g/mol. The summed E-state index contributed by atoms with van der Waals surface area (Å²) in [5.41, 5.74) is 6.98. The van der Waals surface area contributed by atoms with E-state index in [4.69, 9.17) is 5.73 Å². The third-order valence-corrected chi connectivity index (χ3v) is 1.59. The van der Waals surface area contributed by atoms with Crippen molar-refractivity contribution in [3.8, 4) is 0 Å². The summed E-state index contributed by atoms with van der Waals surface area (Å²) >= 11 is 0. The van der Waals surface area contributed by atoms with Crippen LogP contribution in [0, 0.1) is 0 Å². The summed E-state index contributed by atoms with van der Waals surface area (Å²) in [6.07, 6.45) is 7.30. The number of nitrogens with two attached hydrogens (primary N) is 1. The highest BCUT2D eigenvalue weighted by Gasteiger charge is 2.01. The fourth-order valence-corrected chi connectivity index (χ4v) is 1.02. The minimum atomic E-state index is 0.237. The fourth-order valence-electron chi connectivity index (χ4n) is 1.02. The van der Waals surface area contributed by atoms with E-state index in [1.807, 2.05) is 13.1 Å². The van der Waals surface area contributed by atoms with Crippen molar-refractivity contribution >= 4 is 0 Å². The molecule has 1 aliphatic rings. The van der Waals surface area contributed by atoms with Crippen LogP contribution in [0.4, 0.5) is 0 Å². The lowest BCUT2D eigenvalue weighted by atomic mass is 10.0. The normalized spacial score (nSPS) is 24.6. The van der Waals surface area contributed by atoms with Crippen molar-refractivity contribution < 1.29 is 0 Å². The van der Waals surface area contributed by atoms with E-state index in [0.717, 1.165) is 13.0 Å². The molecule has 2 nitrogen and oxygen atoms in total. The maximum Gasteiger partial charge on any atom is 0.0262 e. The summed E-state index contributed by atoms with van der Waals surface area (Å²) in [6, 6.07) is 0.237.